The topological polar surface area (TPSA) is 65.5 Å². The van der Waals surface area contributed by atoms with Crippen molar-refractivity contribution in [2.24, 2.45) is 0 Å². The summed E-state index contributed by atoms with van der Waals surface area (Å²) in [6.07, 6.45) is 5.06. The third-order valence-electron chi connectivity index (χ3n) is 4.95. The number of nitrogens with one attached hydrogen (secondary N) is 1. The van der Waals surface area contributed by atoms with Gasteiger partial charge >= 0.3 is 0 Å². The van der Waals surface area contributed by atoms with Gasteiger partial charge in [-0.15, -0.1) is 0 Å². The standard InChI is InChI=1S/C22H23N3O3/c1-26-18-11-16(12-19(27-2)21(18)28-3)24-22-23-13-15-9-6-8-14-7-4-5-10-17(14)20(15)25-22/h4-5,7,10-13H,6,8-9H2,1-3H3,(H,23,24,25). The van der Waals surface area contributed by atoms with Crippen molar-refractivity contribution in [2.75, 3.05) is 26.6 Å². The Labute approximate surface area is 164 Å². The second kappa shape index (κ2) is 7.76. The highest BCUT2D eigenvalue weighted by atomic mass is 16.5. The Morgan fingerprint density at radius 2 is 1.61 bits per heavy atom. The van der Waals surface area contributed by atoms with E-state index in [1.807, 2.05) is 18.3 Å². The van der Waals surface area contributed by atoms with E-state index in [1.54, 1.807) is 21.3 Å². The van der Waals surface area contributed by atoms with E-state index >= 15 is 0 Å². The quantitative estimate of drug-likeness (QED) is 0.711. The Bertz CT molecular complexity index is 979. The van der Waals surface area contributed by atoms with E-state index in [2.05, 4.69) is 34.6 Å². The van der Waals surface area contributed by atoms with Crippen LogP contribution in [0.1, 0.15) is 17.5 Å². The van der Waals surface area contributed by atoms with Gasteiger partial charge in [0.1, 0.15) is 0 Å². The average molecular weight is 377 g/mol. The van der Waals surface area contributed by atoms with Gasteiger partial charge in [-0.25, -0.2) is 9.97 Å². The zero-order valence-corrected chi connectivity index (χ0v) is 16.3. The first kappa shape index (κ1) is 18.1. The van der Waals surface area contributed by atoms with Crippen molar-refractivity contribution >= 4 is 11.6 Å². The fraction of sp³-hybridized carbons (Fsp3) is 0.273. The van der Waals surface area contributed by atoms with Crippen LogP contribution in [0.25, 0.3) is 11.3 Å². The van der Waals surface area contributed by atoms with Crippen LogP contribution in [0, 0.1) is 0 Å². The zero-order valence-electron chi connectivity index (χ0n) is 16.3. The lowest BCUT2D eigenvalue weighted by molar-refractivity contribution is 0.324. The minimum Gasteiger partial charge on any atom is -0.493 e. The highest BCUT2D eigenvalue weighted by Crippen LogP contribution is 2.40. The number of nitrogens with zero attached hydrogens (tertiary/aromatic N) is 2. The molecule has 6 nitrogen and oxygen atoms in total. The summed E-state index contributed by atoms with van der Waals surface area (Å²) in [5.74, 6) is 2.23. The first-order chi connectivity index (χ1) is 13.7. The SMILES string of the molecule is COc1cc(Nc2ncc3c(n2)-c2ccccc2CCC3)cc(OC)c1OC. The average Bonchev–Trinajstić information content (AvgIpc) is 2.92. The number of ether oxygens (including phenoxy) is 3. The fourth-order valence-electron chi connectivity index (χ4n) is 3.60. The van der Waals surface area contributed by atoms with Crippen LogP contribution in [0.2, 0.25) is 0 Å². The largest absolute Gasteiger partial charge is 0.493 e. The normalized spacial score (nSPS) is 12.4. The molecule has 0 unspecified atom stereocenters. The fourth-order valence-corrected chi connectivity index (χ4v) is 3.60. The number of rotatable bonds is 5. The maximum absolute atomic E-state index is 5.42. The number of aromatic nitrogens is 2. The number of hydrogen-bond donors (Lipinski definition) is 1. The number of methoxy groups -OCH3 is 3. The molecule has 2 aromatic carbocycles. The molecule has 28 heavy (non-hydrogen) atoms. The molecule has 0 saturated carbocycles. The van der Waals surface area contributed by atoms with Gasteiger partial charge in [0.2, 0.25) is 11.7 Å². The summed E-state index contributed by atoms with van der Waals surface area (Å²) in [6.45, 7) is 0. The summed E-state index contributed by atoms with van der Waals surface area (Å²) >= 11 is 0. The molecule has 0 fully saturated rings. The second-order valence-electron chi connectivity index (χ2n) is 6.62. The lowest BCUT2D eigenvalue weighted by atomic mass is 10.0. The molecule has 6 heteroatoms. The van der Waals surface area contributed by atoms with Crippen LogP contribution in [-0.4, -0.2) is 31.3 Å². The molecule has 0 spiro atoms. The van der Waals surface area contributed by atoms with Crippen molar-refractivity contribution in [2.45, 2.75) is 19.3 Å². The molecule has 0 amide bonds. The molecule has 1 aromatic heterocycles. The number of anilines is 2. The molecule has 3 aromatic rings. The third kappa shape index (κ3) is 3.33. The predicted octanol–water partition coefficient (Wildman–Crippen LogP) is 4.40. The smallest absolute Gasteiger partial charge is 0.227 e. The van der Waals surface area contributed by atoms with Crippen molar-refractivity contribution < 1.29 is 14.2 Å². The molecule has 4 rings (SSSR count). The molecule has 0 bridgehead atoms. The minimum atomic E-state index is 0.532. The minimum absolute atomic E-state index is 0.532. The Morgan fingerprint density at radius 1 is 0.893 bits per heavy atom. The molecule has 0 saturated heterocycles. The molecular weight excluding hydrogens is 354 g/mol. The highest BCUT2D eigenvalue weighted by Gasteiger charge is 2.18. The van der Waals surface area contributed by atoms with Crippen LogP contribution in [0.15, 0.2) is 42.6 Å². The van der Waals surface area contributed by atoms with Gasteiger partial charge in [-0.2, -0.15) is 0 Å². The van der Waals surface area contributed by atoms with E-state index in [-0.39, 0.29) is 0 Å². The zero-order chi connectivity index (χ0) is 19.5. The van der Waals surface area contributed by atoms with E-state index in [4.69, 9.17) is 19.2 Å². The summed E-state index contributed by atoms with van der Waals surface area (Å²) in [4.78, 5) is 9.35. The van der Waals surface area contributed by atoms with Gasteiger partial charge in [-0.05, 0) is 30.4 Å². The molecule has 1 N–H and O–H groups in total. The molecule has 1 heterocycles. The summed E-state index contributed by atoms with van der Waals surface area (Å²) in [6, 6.07) is 12.1. The lowest BCUT2D eigenvalue weighted by Gasteiger charge is -2.15. The van der Waals surface area contributed by atoms with Crippen molar-refractivity contribution in [3.8, 4) is 28.5 Å². The van der Waals surface area contributed by atoms with Gasteiger partial charge in [0.15, 0.2) is 11.5 Å². The number of aryl methyl sites for hydroxylation is 2. The van der Waals surface area contributed by atoms with Crippen LogP contribution < -0.4 is 19.5 Å². The monoisotopic (exact) mass is 377 g/mol. The Kier molecular flexibility index (Phi) is 5.02. The second-order valence-corrected chi connectivity index (χ2v) is 6.62. The van der Waals surface area contributed by atoms with Crippen molar-refractivity contribution in [3.05, 3.63) is 53.7 Å². The van der Waals surface area contributed by atoms with E-state index in [9.17, 15) is 0 Å². The number of benzene rings is 2. The van der Waals surface area contributed by atoms with Gasteiger partial charge in [-0.1, -0.05) is 24.3 Å². The van der Waals surface area contributed by atoms with Crippen molar-refractivity contribution in [1.82, 2.24) is 9.97 Å². The lowest BCUT2D eigenvalue weighted by Crippen LogP contribution is -2.03. The van der Waals surface area contributed by atoms with E-state index in [0.29, 0.717) is 23.2 Å². The predicted molar refractivity (Wildman–Crippen MR) is 109 cm³/mol. The third-order valence-corrected chi connectivity index (χ3v) is 4.95. The molecular formula is C22H23N3O3. The van der Waals surface area contributed by atoms with Crippen LogP contribution in [0.3, 0.4) is 0 Å². The van der Waals surface area contributed by atoms with Crippen LogP contribution in [0.4, 0.5) is 11.6 Å². The first-order valence-corrected chi connectivity index (χ1v) is 9.24. The van der Waals surface area contributed by atoms with E-state index < -0.39 is 0 Å². The molecule has 1 aliphatic rings. The summed E-state index contributed by atoms with van der Waals surface area (Å²) in [7, 11) is 4.77. The van der Waals surface area contributed by atoms with Crippen LogP contribution >= 0.6 is 0 Å². The molecule has 0 radical (unpaired) electrons. The number of hydrogen-bond acceptors (Lipinski definition) is 6. The molecule has 0 atom stereocenters. The van der Waals surface area contributed by atoms with Gasteiger partial charge in [0.25, 0.3) is 0 Å². The highest BCUT2D eigenvalue weighted by molar-refractivity contribution is 5.70. The summed E-state index contributed by atoms with van der Waals surface area (Å²) < 4.78 is 16.2. The van der Waals surface area contributed by atoms with Crippen LogP contribution in [-0.2, 0) is 12.8 Å². The maximum Gasteiger partial charge on any atom is 0.227 e. The Morgan fingerprint density at radius 3 is 2.32 bits per heavy atom. The summed E-state index contributed by atoms with van der Waals surface area (Å²) in [5.41, 5.74) is 5.46. The van der Waals surface area contributed by atoms with Gasteiger partial charge < -0.3 is 19.5 Å². The van der Waals surface area contributed by atoms with Crippen LogP contribution in [0.5, 0.6) is 17.2 Å². The Balaban J connectivity index is 1.73. The Hall–Kier alpha value is -3.28. The number of fused-ring (bicyclic) bond motifs is 3. The molecule has 1 aliphatic carbocycles. The molecule has 0 aliphatic heterocycles. The van der Waals surface area contributed by atoms with E-state index in [0.717, 1.165) is 30.6 Å². The molecule has 144 valence electrons. The van der Waals surface area contributed by atoms with Crippen molar-refractivity contribution in [1.29, 1.82) is 0 Å². The summed E-state index contributed by atoms with van der Waals surface area (Å²) in [5, 5.41) is 3.27. The van der Waals surface area contributed by atoms with E-state index in [1.165, 1.54) is 16.7 Å². The van der Waals surface area contributed by atoms with Gasteiger partial charge in [0.05, 0.1) is 27.0 Å². The van der Waals surface area contributed by atoms with Gasteiger partial charge in [-0.3, -0.25) is 0 Å². The van der Waals surface area contributed by atoms with Crippen molar-refractivity contribution in [3.63, 3.8) is 0 Å². The maximum atomic E-state index is 5.42. The first-order valence-electron chi connectivity index (χ1n) is 9.24. The van der Waals surface area contributed by atoms with Gasteiger partial charge in [0, 0.05) is 29.6 Å².